The fraction of sp³-hybridized carbons (Fsp3) is 0.100. The first-order chi connectivity index (χ1) is 12.1. The molecule has 0 saturated heterocycles. The summed E-state index contributed by atoms with van der Waals surface area (Å²) >= 11 is 1.59. The molecule has 0 spiro atoms. The van der Waals surface area contributed by atoms with Gasteiger partial charge in [0.05, 0.1) is 23.1 Å². The van der Waals surface area contributed by atoms with Gasteiger partial charge in [0.2, 0.25) is 0 Å². The first kappa shape index (κ1) is 15.6. The number of nitrogens with two attached hydrogens (primary N) is 1. The first-order valence-electron chi connectivity index (χ1n) is 8.06. The van der Waals surface area contributed by atoms with E-state index in [4.69, 9.17) is 10.7 Å². The highest BCUT2D eigenvalue weighted by Gasteiger charge is 2.15. The Morgan fingerprint density at radius 2 is 1.80 bits per heavy atom. The van der Waals surface area contributed by atoms with Crippen molar-refractivity contribution in [2.24, 2.45) is 0 Å². The molecule has 0 aliphatic carbocycles. The van der Waals surface area contributed by atoms with Crippen molar-refractivity contribution in [1.82, 2.24) is 14.8 Å². The van der Waals surface area contributed by atoms with Crippen molar-refractivity contribution in [3.63, 3.8) is 0 Å². The predicted octanol–water partition coefficient (Wildman–Crippen LogP) is 4.86. The molecule has 2 heterocycles. The summed E-state index contributed by atoms with van der Waals surface area (Å²) in [5.74, 6) is 0.604. The highest BCUT2D eigenvalue weighted by molar-refractivity contribution is 7.13. The number of hydrogen-bond donors (Lipinski definition) is 1. The third-order valence-electron chi connectivity index (χ3n) is 4.34. The van der Waals surface area contributed by atoms with Gasteiger partial charge in [-0.15, -0.1) is 11.3 Å². The molecule has 124 valence electrons. The molecule has 0 fully saturated rings. The highest BCUT2D eigenvalue weighted by Crippen LogP contribution is 2.33. The van der Waals surface area contributed by atoms with Gasteiger partial charge in [0.25, 0.3) is 0 Å². The lowest BCUT2D eigenvalue weighted by Crippen LogP contribution is -2.01. The van der Waals surface area contributed by atoms with Crippen LogP contribution in [0, 0.1) is 13.8 Å². The Labute approximate surface area is 150 Å². The number of thiazole rings is 1. The van der Waals surface area contributed by atoms with E-state index in [1.807, 2.05) is 30.3 Å². The van der Waals surface area contributed by atoms with E-state index in [1.165, 1.54) is 11.1 Å². The van der Waals surface area contributed by atoms with E-state index in [-0.39, 0.29) is 0 Å². The number of anilines is 1. The normalized spacial score (nSPS) is 11.0. The molecule has 25 heavy (non-hydrogen) atoms. The molecule has 0 aliphatic rings. The van der Waals surface area contributed by atoms with Gasteiger partial charge in [-0.1, -0.05) is 30.3 Å². The van der Waals surface area contributed by atoms with E-state index in [0.717, 1.165) is 27.5 Å². The Balaban J connectivity index is 1.71. The molecular weight excluding hydrogens is 328 g/mol. The minimum absolute atomic E-state index is 0.604. The van der Waals surface area contributed by atoms with Crippen molar-refractivity contribution in [2.45, 2.75) is 13.8 Å². The maximum atomic E-state index is 6.33. The van der Waals surface area contributed by atoms with Gasteiger partial charge in [0.15, 0.2) is 0 Å². The molecule has 2 aromatic carbocycles. The van der Waals surface area contributed by atoms with Gasteiger partial charge in [0.1, 0.15) is 10.8 Å². The SMILES string of the molecule is Cc1ccc(-c2csc(-c3cnn(-c4ccccc4)c3N)n2)cc1C. The zero-order valence-corrected chi connectivity index (χ0v) is 14.9. The standard InChI is InChI=1S/C20H18N4S/c1-13-8-9-15(10-14(13)2)18-12-25-20(23-18)17-11-22-24(19(17)21)16-6-4-3-5-7-16/h3-12H,21H2,1-2H3. The molecule has 0 aliphatic heterocycles. The largest absolute Gasteiger partial charge is 0.383 e. The summed E-state index contributed by atoms with van der Waals surface area (Å²) < 4.78 is 1.74. The maximum Gasteiger partial charge on any atom is 0.137 e. The fourth-order valence-electron chi connectivity index (χ4n) is 2.73. The third kappa shape index (κ3) is 2.83. The maximum absolute atomic E-state index is 6.33. The Bertz CT molecular complexity index is 1030. The molecular formula is C20H18N4S. The van der Waals surface area contributed by atoms with Crippen LogP contribution in [0.25, 0.3) is 27.5 Å². The monoisotopic (exact) mass is 346 g/mol. The summed E-state index contributed by atoms with van der Waals surface area (Å²) in [6, 6.07) is 16.3. The van der Waals surface area contributed by atoms with E-state index in [1.54, 1.807) is 22.2 Å². The van der Waals surface area contributed by atoms with Crippen molar-refractivity contribution in [3.8, 4) is 27.5 Å². The summed E-state index contributed by atoms with van der Waals surface area (Å²) in [5, 5.41) is 7.38. The molecule has 0 amide bonds. The van der Waals surface area contributed by atoms with E-state index < -0.39 is 0 Å². The van der Waals surface area contributed by atoms with Gasteiger partial charge >= 0.3 is 0 Å². The molecule has 0 atom stereocenters. The van der Waals surface area contributed by atoms with Crippen LogP contribution in [-0.2, 0) is 0 Å². The van der Waals surface area contributed by atoms with Gasteiger partial charge in [-0.2, -0.15) is 5.10 Å². The lowest BCUT2D eigenvalue weighted by Gasteiger charge is -2.04. The highest BCUT2D eigenvalue weighted by atomic mass is 32.1. The van der Waals surface area contributed by atoms with Gasteiger partial charge < -0.3 is 5.73 Å². The molecule has 0 radical (unpaired) electrons. The predicted molar refractivity (Wildman–Crippen MR) is 104 cm³/mol. The van der Waals surface area contributed by atoms with Crippen molar-refractivity contribution < 1.29 is 0 Å². The number of nitrogens with zero attached hydrogens (tertiary/aromatic N) is 3. The van der Waals surface area contributed by atoms with Gasteiger partial charge in [-0.3, -0.25) is 0 Å². The average Bonchev–Trinajstić information content (AvgIpc) is 3.25. The van der Waals surface area contributed by atoms with Crippen LogP contribution in [0.3, 0.4) is 0 Å². The van der Waals surface area contributed by atoms with E-state index >= 15 is 0 Å². The van der Waals surface area contributed by atoms with Crippen LogP contribution >= 0.6 is 11.3 Å². The van der Waals surface area contributed by atoms with Gasteiger partial charge in [-0.05, 0) is 43.2 Å². The molecule has 2 N–H and O–H groups in total. The molecule has 2 aromatic heterocycles. The van der Waals surface area contributed by atoms with Crippen molar-refractivity contribution in [3.05, 3.63) is 71.2 Å². The first-order valence-corrected chi connectivity index (χ1v) is 8.94. The number of rotatable bonds is 3. The molecule has 5 heteroatoms. The molecule has 0 unspecified atom stereocenters. The van der Waals surface area contributed by atoms with Crippen LogP contribution in [0.2, 0.25) is 0 Å². The number of aromatic nitrogens is 3. The Morgan fingerprint density at radius 1 is 1.00 bits per heavy atom. The quantitative estimate of drug-likeness (QED) is 0.576. The van der Waals surface area contributed by atoms with Crippen molar-refractivity contribution >= 4 is 17.2 Å². The number of benzene rings is 2. The Hall–Kier alpha value is -2.92. The molecule has 4 aromatic rings. The molecule has 4 rings (SSSR count). The van der Waals surface area contributed by atoms with Crippen LogP contribution in [0.1, 0.15) is 11.1 Å². The van der Waals surface area contributed by atoms with Crippen LogP contribution in [0.4, 0.5) is 5.82 Å². The average molecular weight is 346 g/mol. The number of para-hydroxylation sites is 1. The summed E-state index contributed by atoms with van der Waals surface area (Å²) in [5.41, 5.74) is 12.8. The zero-order valence-electron chi connectivity index (χ0n) is 14.1. The smallest absolute Gasteiger partial charge is 0.137 e. The van der Waals surface area contributed by atoms with Gasteiger partial charge in [0, 0.05) is 10.9 Å². The fourth-order valence-corrected chi connectivity index (χ4v) is 3.58. The lowest BCUT2D eigenvalue weighted by atomic mass is 10.1. The molecule has 0 saturated carbocycles. The van der Waals surface area contributed by atoms with E-state index in [9.17, 15) is 0 Å². The number of aryl methyl sites for hydroxylation is 2. The van der Waals surface area contributed by atoms with Crippen LogP contribution in [0.15, 0.2) is 60.1 Å². The number of nitrogen functional groups attached to an aromatic ring is 1. The van der Waals surface area contributed by atoms with Crippen molar-refractivity contribution in [1.29, 1.82) is 0 Å². The van der Waals surface area contributed by atoms with E-state index in [2.05, 4.69) is 42.5 Å². The minimum Gasteiger partial charge on any atom is -0.383 e. The Morgan fingerprint density at radius 3 is 2.56 bits per heavy atom. The number of hydrogen-bond acceptors (Lipinski definition) is 4. The second kappa shape index (κ2) is 6.18. The summed E-state index contributed by atoms with van der Waals surface area (Å²) in [4.78, 5) is 4.77. The topological polar surface area (TPSA) is 56.7 Å². The van der Waals surface area contributed by atoms with Crippen LogP contribution in [0.5, 0.6) is 0 Å². The summed E-state index contributed by atoms with van der Waals surface area (Å²) in [7, 11) is 0. The molecule has 4 nitrogen and oxygen atoms in total. The van der Waals surface area contributed by atoms with Crippen LogP contribution in [-0.4, -0.2) is 14.8 Å². The van der Waals surface area contributed by atoms with Crippen LogP contribution < -0.4 is 5.73 Å². The second-order valence-corrected chi connectivity index (χ2v) is 6.89. The van der Waals surface area contributed by atoms with Crippen molar-refractivity contribution in [2.75, 3.05) is 5.73 Å². The second-order valence-electron chi connectivity index (χ2n) is 6.03. The molecule has 0 bridgehead atoms. The third-order valence-corrected chi connectivity index (χ3v) is 5.22. The van der Waals surface area contributed by atoms with Gasteiger partial charge in [-0.25, -0.2) is 9.67 Å². The lowest BCUT2D eigenvalue weighted by molar-refractivity contribution is 0.891. The van der Waals surface area contributed by atoms with E-state index in [0.29, 0.717) is 5.82 Å². The minimum atomic E-state index is 0.604. The summed E-state index contributed by atoms with van der Waals surface area (Å²) in [6.07, 6.45) is 1.78. The summed E-state index contributed by atoms with van der Waals surface area (Å²) in [6.45, 7) is 4.23. The zero-order chi connectivity index (χ0) is 17.4. The Kier molecular flexibility index (Phi) is 3.86.